The molecule has 0 spiro atoms. The molecule has 0 aliphatic heterocycles. The lowest BCUT2D eigenvalue weighted by atomic mass is 10.2. The molecule has 0 saturated carbocycles. The molecule has 0 unspecified atom stereocenters. The van der Waals surface area contributed by atoms with Crippen LogP contribution >= 0.6 is 0 Å². The first-order valence-corrected chi connectivity index (χ1v) is 8.43. The fraction of sp³-hybridized carbons (Fsp3) is 0.118. The summed E-state index contributed by atoms with van der Waals surface area (Å²) < 4.78 is 31.4. The summed E-state index contributed by atoms with van der Waals surface area (Å²) in [6.45, 7) is -0.122. The molecule has 0 aromatic heterocycles. The van der Waals surface area contributed by atoms with Crippen LogP contribution in [0.3, 0.4) is 0 Å². The van der Waals surface area contributed by atoms with Crippen LogP contribution < -0.4 is 14.8 Å². The van der Waals surface area contributed by atoms with Crippen molar-refractivity contribution in [2.75, 3.05) is 19.0 Å². The van der Waals surface area contributed by atoms with Crippen molar-refractivity contribution in [1.82, 2.24) is 4.72 Å². The lowest BCUT2D eigenvalue weighted by molar-refractivity contribution is 0.102. The van der Waals surface area contributed by atoms with Crippen molar-refractivity contribution in [2.45, 2.75) is 4.90 Å². The number of anilines is 1. The molecule has 2 aromatic carbocycles. The largest absolute Gasteiger partial charge is 0.497 e. The Morgan fingerprint density at radius 1 is 1.21 bits per heavy atom. The molecule has 0 aliphatic rings. The minimum Gasteiger partial charge on any atom is -0.497 e. The summed E-state index contributed by atoms with van der Waals surface area (Å²) >= 11 is 0. The lowest BCUT2D eigenvalue weighted by Gasteiger charge is -2.09. The molecule has 0 aliphatic carbocycles. The van der Waals surface area contributed by atoms with Crippen LogP contribution in [0.2, 0.25) is 0 Å². The number of terminal acetylenes is 1. The molecule has 0 bridgehead atoms. The Labute approximate surface area is 140 Å². The molecule has 7 heteroatoms. The Morgan fingerprint density at radius 2 is 1.96 bits per heavy atom. The normalized spacial score (nSPS) is 10.7. The van der Waals surface area contributed by atoms with Crippen LogP contribution in [0.1, 0.15) is 10.4 Å². The number of amides is 1. The highest BCUT2D eigenvalue weighted by atomic mass is 32.2. The monoisotopic (exact) mass is 344 g/mol. The molecule has 0 saturated heterocycles. The summed E-state index contributed by atoms with van der Waals surface area (Å²) in [6.07, 6.45) is 5.05. The van der Waals surface area contributed by atoms with Crippen LogP contribution in [-0.2, 0) is 10.0 Å². The predicted octanol–water partition coefficient (Wildman–Crippen LogP) is 1.86. The number of nitrogens with one attached hydrogen (secondary N) is 2. The van der Waals surface area contributed by atoms with Crippen LogP contribution in [0.5, 0.6) is 5.75 Å². The maximum Gasteiger partial charge on any atom is 0.255 e. The van der Waals surface area contributed by atoms with Gasteiger partial charge in [-0.25, -0.2) is 8.42 Å². The van der Waals surface area contributed by atoms with E-state index in [0.29, 0.717) is 11.4 Å². The molecule has 2 N–H and O–H groups in total. The average Bonchev–Trinajstić information content (AvgIpc) is 2.60. The predicted molar refractivity (Wildman–Crippen MR) is 91.4 cm³/mol. The minimum atomic E-state index is -3.75. The molecule has 124 valence electrons. The summed E-state index contributed by atoms with van der Waals surface area (Å²) in [4.78, 5) is 12.3. The molecule has 1 amide bonds. The fourth-order valence-electron chi connectivity index (χ4n) is 1.93. The van der Waals surface area contributed by atoms with Crippen LogP contribution in [0.25, 0.3) is 0 Å². The Hall–Kier alpha value is -2.82. The topological polar surface area (TPSA) is 84.5 Å². The number of carbonyl (C=O) groups excluding carboxylic acids is 1. The molecular formula is C17H16N2O4S. The van der Waals surface area contributed by atoms with Gasteiger partial charge in [-0.1, -0.05) is 18.1 Å². The zero-order valence-corrected chi connectivity index (χ0v) is 13.8. The number of methoxy groups -OCH3 is 1. The third kappa shape index (κ3) is 4.35. The van der Waals surface area contributed by atoms with E-state index in [1.165, 1.54) is 31.4 Å². The maximum absolute atomic E-state index is 12.3. The number of carbonyl (C=O) groups is 1. The highest BCUT2D eigenvalue weighted by molar-refractivity contribution is 7.89. The van der Waals surface area contributed by atoms with E-state index in [0.717, 1.165) is 0 Å². The molecule has 0 atom stereocenters. The van der Waals surface area contributed by atoms with Crippen molar-refractivity contribution in [3.63, 3.8) is 0 Å². The third-order valence-electron chi connectivity index (χ3n) is 3.10. The standard InChI is InChI=1S/C17H16N2O4S/c1-3-10-18-24(21,22)16-9-4-6-13(11-16)17(20)19-14-7-5-8-15(12-14)23-2/h1,4-9,11-12,18H,10H2,2H3,(H,19,20). The van der Waals surface area contributed by atoms with E-state index in [1.807, 2.05) is 0 Å². The van der Waals surface area contributed by atoms with Gasteiger partial charge >= 0.3 is 0 Å². The van der Waals surface area contributed by atoms with E-state index in [-0.39, 0.29) is 17.0 Å². The van der Waals surface area contributed by atoms with Gasteiger partial charge in [0.05, 0.1) is 18.6 Å². The number of sulfonamides is 1. The van der Waals surface area contributed by atoms with Gasteiger partial charge in [-0.3, -0.25) is 4.79 Å². The molecule has 2 rings (SSSR count). The Kier molecular flexibility index (Phi) is 5.58. The number of rotatable bonds is 6. The quantitative estimate of drug-likeness (QED) is 0.784. The van der Waals surface area contributed by atoms with Gasteiger partial charge in [-0.2, -0.15) is 4.72 Å². The van der Waals surface area contributed by atoms with E-state index in [2.05, 4.69) is 16.0 Å². The molecule has 0 radical (unpaired) electrons. The summed E-state index contributed by atoms with van der Waals surface area (Å²) in [5.41, 5.74) is 0.750. The van der Waals surface area contributed by atoms with E-state index >= 15 is 0 Å². The molecule has 0 heterocycles. The number of ether oxygens (including phenoxy) is 1. The molecular weight excluding hydrogens is 328 g/mol. The van der Waals surface area contributed by atoms with Gasteiger partial charge < -0.3 is 10.1 Å². The first-order chi connectivity index (χ1) is 11.5. The lowest BCUT2D eigenvalue weighted by Crippen LogP contribution is -2.24. The van der Waals surface area contributed by atoms with E-state index in [4.69, 9.17) is 11.2 Å². The molecule has 0 fully saturated rings. The Bertz CT molecular complexity index is 885. The van der Waals surface area contributed by atoms with Gasteiger partial charge in [0.1, 0.15) is 5.75 Å². The SMILES string of the molecule is C#CCNS(=O)(=O)c1cccc(C(=O)Nc2cccc(OC)c2)c1. The first kappa shape index (κ1) is 17.5. The van der Waals surface area contributed by atoms with Gasteiger partial charge in [0.15, 0.2) is 0 Å². The third-order valence-corrected chi connectivity index (χ3v) is 4.50. The van der Waals surface area contributed by atoms with Gasteiger partial charge in [-0.05, 0) is 30.3 Å². The second kappa shape index (κ2) is 7.64. The van der Waals surface area contributed by atoms with Crippen molar-refractivity contribution < 1.29 is 17.9 Å². The summed E-state index contributed by atoms with van der Waals surface area (Å²) in [5, 5.41) is 2.69. The van der Waals surface area contributed by atoms with Crippen LogP contribution in [-0.4, -0.2) is 28.0 Å². The van der Waals surface area contributed by atoms with Gasteiger partial charge in [0, 0.05) is 17.3 Å². The van der Waals surface area contributed by atoms with Crippen molar-refractivity contribution >= 4 is 21.6 Å². The number of hydrogen-bond donors (Lipinski definition) is 2. The zero-order valence-electron chi connectivity index (χ0n) is 12.9. The smallest absolute Gasteiger partial charge is 0.255 e. The van der Waals surface area contributed by atoms with E-state index in [1.54, 1.807) is 24.3 Å². The Balaban J connectivity index is 2.21. The fourth-order valence-corrected chi connectivity index (χ4v) is 2.91. The average molecular weight is 344 g/mol. The van der Waals surface area contributed by atoms with Crippen LogP contribution in [0.4, 0.5) is 5.69 Å². The summed E-state index contributed by atoms with van der Waals surface area (Å²) in [6, 6.07) is 12.5. The zero-order chi connectivity index (χ0) is 17.6. The minimum absolute atomic E-state index is 0.0314. The molecule has 6 nitrogen and oxygen atoms in total. The van der Waals surface area contributed by atoms with E-state index in [9.17, 15) is 13.2 Å². The maximum atomic E-state index is 12.3. The van der Waals surface area contributed by atoms with Crippen molar-refractivity contribution in [3.05, 3.63) is 54.1 Å². The number of hydrogen-bond acceptors (Lipinski definition) is 4. The van der Waals surface area contributed by atoms with Gasteiger partial charge in [0.2, 0.25) is 10.0 Å². The van der Waals surface area contributed by atoms with Gasteiger partial charge in [0.25, 0.3) is 5.91 Å². The van der Waals surface area contributed by atoms with Crippen molar-refractivity contribution in [2.24, 2.45) is 0 Å². The highest BCUT2D eigenvalue weighted by Gasteiger charge is 2.15. The van der Waals surface area contributed by atoms with Crippen molar-refractivity contribution in [3.8, 4) is 18.1 Å². The van der Waals surface area contributed by atoms with Crippen LogP contribution in [0, 0.1) is 12.3 Å². The second-order valence-electron chi connectivity index (χ2n) is 4.74. The van der Waals surface area contributed by atoms with Crippen molar-refractivity contribution in [1.29, 1.82) is 0 Å². The Morgan fingerprint density at radius 3 is 2.67 bits per heavy atom. The van der Waals surface area contributed by atoms with Crippen LogP contribution in [0.15, 0.2) is 53.4 Å². The highest BCUT2D eigenvalue weighted by Crippen LogP contribution is 2.18. The molecule has 24 heavy (non-hydrogen) atoms. The number of benzene rings is 2. The first-order valence-electron chi connectivity index (χ1n) is 6.95. The second-order valence-corrected chi connectivity index (χ2v) is 6.51. The summed E-state index contributed by atoms with van der Waals surface area (Å²) in [5.74, 6) is 2.36. The summed E-state index contributed by atoms with van der Waals surface area (Å²) in [7, 11) is -2.23. The van der Waals surface area contributed by atoms with Gasteiger partial charge in [-0.15, -0.1) is 6.42 Å². The molecule has 2 aromatic rings. The van der Waals surface area contributed by atoms with E-state index < -0.39 is 15.9 Å².